The SMILES string of the molecule is Cc1cnc(C(C)NC(=O)c2ccccc2OC(C)C)s1. The molecule has 1 aromatic carbocycles. The van der Waals surface area contributed by atoms with Gasteiger partial charge in [0.2, 0.25) is 0 Å². The Morgan fingerprint density at radius 3 is 2.62 bits per heavy atom. The van der Waals surface area contributed by atoms with Crippen LogP contribution in [0.2, 0.25) is 0 Å². The number of nitrogens with zero attached hydrogens (tertiary/aromatic N) is 1. The van der Waals surface area contributed by atoms with Crippen molar-refractivity contribution in [1.29, 1.82) is 0 Å². The van der Waals surface area contributed by atoms with Crippen LogP contribution in [0, 0.1) is 6.92 Å². The maximum atomic E-state index is 12.4. The highest BCUT2D eigenvalue weighted by Crippen LogP contribution is 2.22. The monoisotopic (exact) mass is 304 g/mol. The molecule has 5 heteroatoms. The molecule has 1 aromatic heterocycles. The van der Waals surface area contributed by atoms with E-state index < -0.39 is 0 Å². The fraction of sp³-hybridized carbons (Fsp3) is 0.375. The molecule has 4 nitrogen and oxygen atoms in total. The number of rotatable bonds is 5. The van der Waals surface area contributed by atoms with Gasteiger partial charge in [-0.2, -0.15) is 0 Å². The number of nitrogens with one attached hydrogen (secondary N) is 1. The Kier molecular flexibility index (Phi) is 4.96. The molecular weight excluding hydrogens is 284 g/mol. The van der Waals surface area contributed by atoms with Gasteiger partial charge < -0.3 is 10.1 Å². The first-order valence-corrected chi connectivity index (χ1v) is 7.78. The summed E-state index contributed by atoms with van der Waals surface area (Å²) in [4.78, 5) is 17.9. The second-order valence-electron chi connectivity index (χ2n) is 5.17. The lowest BCUT2D eigenvalue weighted by atomic mass is 10.1. The van der Waals surface area contributed by atoms with E-state index in [2.05, 4.69) is 10.3 Å². The lowest BCUT2D eigenvalue weighted by Crippen LogP contribution is -2.27. The highest BCUT2D eigenvalue weighted by molar-refractivity contribution is 7.11. The van der Waals surface area contributed by atoms with Gasteiger partial charge in [0.05, 0.1) is 17.7 Å². The number of aromatic nitrogens is 1. The fourth-order valence-corrected chi connectivity index (χ4v) is 2.70. The van der Waals surface area contributed by atoms with E-state index in [1.165, 1.54) is 0 Å². The van der Waals surface area contributed by atoms with Gasteiger partial charge in [-0.05, 0) is 39.8 Å². The Morgan fingerprint density at radius 2 is 2.00 bits per heavy atom. The van der Waals surface area contributed by atoms with Crippen LogP contribution in [0.3, 0.4) is 0 Å². The van der Waals surface area contributed by atoms with Crippen molar-refractivity contribution in [3.05, 3.63) is 45.9 Å². The van der Waals surface area contributed by atoms with Gasteiger partial charge in [-0.3, -0.25) is 4.79 Å². The normalized spacial score (nSPS) is 12.2. The molecule has 1 heterocycles. The molecule has 0 spiro atoms. The Bertz CT molecular complexity index is 622. The molecule has 1 unspecified atom stereocenters. The van der Waals surface area contributed by atoms with Crippen molar-refractivity contribution in [2.75, 3.05) is 0 Å². The van der Waals surface area contributed by atoms with Crippen LogP contribution in [0.4, 0.5) is 0 Å². The average Bonchev–Trinajstić information content (AvgIpc) is 2.85. The van der Waals surface area contributed by atoms with Crippen molar-refractivity contribution in [3.8, 4) is 5.75 Å². The molecule has 2 rings (SSSR count). The smallest absolute Gasteiger partial charge is 0.255 e. The van der Waals surface area contributed by atoms with Crippen LogP contribution in [0.25, 0.3) is 0 Å². The van der Waals surface area contributed by atoms with Crippen molar-refractivity contribution >= 4 is 17.2 Å². The maximum Gasteiger partial charge on any atom is 0.255 e. The molecule has 0 fully saturated rings. The summed E-state index contributed by atoms with van der Waals surface area (Å²) in [5.74, 6) is 0.458. The Morgan fingerprint density at radius 1 is 1.29 bits per heavy atom. The zero-order valence-corrected chi connectivity index (χ0v) is 13.5. The number of carbonyl (C=O) groups is 1. The van der Waals surface area contributed by atoms with Crippen LogP contribution in [0.15, 0.2) is 30.5 Å². The first-order valence-electron chi connectivity index (χ1n) is 6.96. The number of hydrogen-bond acceptors (Lipinski definition) is 4. The summed E-state index contributed by atoms with van der Waals surface area (Å²) in [6, 6.07) is 7.16. The molecule has 1 amide bonds. The Hall–Kier alpha value is -1.88. The van der Waals surface area contributed by atoms with E-state index in [9.17, 15) is 4.79 Å². The Labute approximate surface area is 129 Å². The predicted octanol–water partition coefficient (Wildman–Crippen LogP) is 3.73. The van der Waals surface area contributed by atoms with E-state index in [4.69, 9.17) is 4.74 Å². The highest BCUT2D eigenvalue weighted by Gasteiger charge is 2.17. The molecule has 1 N–H and O–H groups in total. The number of carbonyl (C=O) groups excluding carboxylic acids is 1. The molecule has 2 aromatic rings. The summed E-state index contributed by atoms with van der Waals surface area (Å²) in [5, 5.41) is 3.87. The van der Waals surface area contributed by atoms with Crippen molar-refractivity contribution in [3.63, 3.8) is 0 Å². The van der Waals surface area contributed by atoms with Gasteiger partial charge in [0.25, 0.3) is 5.91 Å². The lowest BCUT2D eigenvalue weighted by Gasteiger charge is -2.16. The third-order valence-electron chi connectivity index (χ3n) is 2.85. The van der Waals surface area contributed by atoms with Gasteiger partial charge in [-0.1, -0.05) is 12.1 Å². The highest BCUT2D eigenvalue weighted by atomic mass is 32.1. The number of thiazole rings is 1. The third kappa shape index (κ3) is 4.04. The lowest BCUT2D eigenvalue weighted by molar-refractivity contribution is 0.0934. The minimum Gasteiger partial charge on any atom is -0.490 e. The number of benzene rings is 1. The van der Waals surface area contributed by atoms with E-state index in [-0.39, 0.29) is 18.1 Å². The second kappa shape index (κ2) is 6.72. The summed E-state index contributed by atoms with van der Waals surface area (Å²) in [7, 11) is 0. The van der Waals surface area contributed by atoms with Crippen molar-refractivity contribution < 1.29 is 9.53 Å². The van der Waals surface area contributed by atoms with Gasteiger partial charge in [0.1, 0.15) is 10.8 Å². The minimum absolute atomic E-state index is 0.0259. The molecular formula is C16H20N2O2S. The number of aryl methyl sites for hydroxylation is 1. The number of para-hydroxylation sites is 1. The first kappa shape index (κ1) is 15.5. The van der Waals surface area contributed by atoms with Gasteiger partial charge in [-0.25, -0.2) is 4.98 Å². The molecule has 0 aliphatic heterocycles. The maximum absolute atomic E-state index is 12.4. The Balaban J connectivity index is 2.13. The zero-order chi connectivity index (χ0) is 15.4. The summed E-state index contributed by atoms with van der Waals surface area (Å²) >= 11 is 1.59. The van der Waals surface area contributed by atoms with Crippen LogP contribution in [-0.4, -0.2) is 17.0 Å². The number of amides is 1. The third-order valence-corrected chi connectivity index (χ3v) is 3.95. The van der Waals surface area contributed by atoms with E-state index in [1.807, 2.05) is 52.1 Å². The molecule has 112 valence electrons. The van der Waals surface area contributed by atoms with Gasteiger partial charge in [-0.15, -0.1) is 11.3 Å². The summed E-state index contributed by atoms with van der Waals surface area (Å²) < 4.78 is 5.68. The molecule has 0 radical (unpaired) electrons. The average molecular weight is 304 g/mol. The molecule has 0 aliphatic rings. The largest absolute Gasteiger partial charge is 0.490 e. The topological polar surface area (TPSA) is 51.2 Å². The fourth-order valence-electron chi connectivity index (χ4n) is 1.92. The summed E-state index contributed by atoms with van der Waals surface area (Å²) in [5.41, 5.74) is 0.548. The van der Waals surface area contributed by atoms with Crippen LogP contribution in [0.1, 0.15) is 47.1 Å². The molecule has 21 heavy (non-hydrogen) atoms. The van der Waals surface area contributed by atoms with E-state index in [1.54, 1.807) is 17.4 Å². The van der Waals surface area contributed by atoms with Gasteiger partial charge >= 0.3 is 0 Å². The molecule has 0 saturated carbocycles. The van der Waals surface area contributed by atoms with Gasteiger partial charge in [0, 0.05) is 11.1 Å². The van der Waals surface area contributed by atoms with Crippen molar-refractivity contribution in [2.45, 2.75) is 39.8 Å². The van der Waals surface area contributed by atoms with Crippen LogP contribution in [-0.2, 0) is 0 Å². The molecule has 0 saturated heterocycles. The first-order chi connectivity index (χ1) is 9.97. The molecule has 0 aliphatic carbocycles. The van der Waals surface area contributed by atoms with Crippen LogP contribution >= 0.6 is 11.3 Å². The predicted molar refractivity (Wildman–Crippen MR) is 84.9 cm³/mol. The van der Waals surface area contributed by atoms with Gasteiger partial charge in [0.15, 0.2) is 0 Å². The summed E-state index contributed by atoms with van der Waals surface area (Å²) in [6.07, 6.45) is 1.84. The van der Waals surface area contributed by atoms with E-state index in [0.717, 1.165) is 9.88 Å². The molecule has 0 bridgehead atoms. The van der Waals surface area contributed by atoms with E-state index >= 15 is 0 Å². The second-order valence-corrected chi connectivity index (χ2v) is 6.43. The van der Waals surface area contributed by atoms with Crippen LogP contribution in [0.5, 0.6) is 5.75 Å². The quantitative estimate of drug-likeness (QED) is 0.915. The van der Waals surface area contributed by atoms with Crippen molar-refractivity contribution in [1.82, 2.24) is 10.3 Å². The van der Waals surface area contributed by atoms with Crippen molar-refractivity contribution in [2.24, 2.45) is 0 Å². The summed E-state index contributed by atoms with van der Waals surface area (Å²) in [6.45, 7) is 7.81. The standard InChI is InChI=1S/C16H20N2O2S/c1-10(2)20-14-8-6-5-7-13(14)15(19)18-12(4)16-17-9-11(3)21-16/h5-10,12H,1-4H3,(H,18,19). The number of hydrogen-bond donors (Lipinski definition) is 1. The van der Waals surface area contributed by atoms with E-state index in [0.29, 0.717) is 11.3 Å². The minimum atomic E-state index is -0.147. The van der Waals surface area contributed by atoms with Crippen LogP contribution < -0.4 is 10.1 Å². The zero-order valence-electron chi connectivity index (χ0n) is 12.7. The molecule has 1 atom stereocenters. The number of ether oxygens (including phenoxy) is 1.